The summed E-state index contributed by atoms with van der Waals surface area (Å²) < 4.78 is 26.4. The Morgan fingerprint density at radius 1 is 1.56 bits per heavy atom. The van der Waals surface area contributed by atoms with Gasteiger partial charge in [0, 0.05) is 18.4 Å². The van der Waals surface area contributed by atoms with Gasteiger partial charge in [-0.15, -0.1) is 0 Å². The molecular formula is C11H17N3O2S2. The molecule has 0 bridgehead atoms. The average molecular weight is 287 g/mol. The van der Waals surface area contributed by atoms with Crippen LogP contribution in [-0.4, -0.2) is 23.6 Å². The number of aromatic nitrogens is 1. The number of aryl methyl sites for hydroxylation is 1. The van der Waals surface area contributed by atoms with Crippen molar-refractivity contribution in [3.8, 4) is 0 Å². The van der Waals surface area contributed by atoms with Gasteiger partial charge in [0.2, 0.25) is 10.0 Å². The van der Waals surface area contributed by atoms with Crippen LogP contribution in [-0.2, 0) is 16.6 Å². The first-order valence-electron chi connectivity index (χ1n) is 5.56. The fourth-order valence-corrected chi connectivity index (χ4v) is 3.32. The third-order valence-electron chi connectivity index (χ3n) is 2.51. The third-order valence-corrected chi connectivity index (χ3v) is 4.83. The molecule has 0 spiro atoms. The molecule has 1 unspecified atom stereocenters. The largest absolute Gasteiger partial charge is 0.392 e. The molecule has 1 atom stereocenters. The van der Waals surface area contributed by atoms with Crippen LogP contribution >= 0.6 is 12.2 Å². The summed E-state index contributed by atoms with van der Waals surface area (Å²) in [6, 6.07) is 3.65. The summed E-state index contributed by atoms with van der Waals surface area (Å²) in [6.07, 6.45) is 2.00. The monoisotopic (exact) mass is 287 g/mol. The zero-order valence-corrected chi connectivity index (χ0v) is 12.0. The molecule has 0 aliphatic heterocycles. The molecule has 1 rings (SSSR count). The van der Waals surface area contributed by atoms with Crippen LogP contribution in [0, 0.1) is 6.92 Å². The summed E-state index contributed by atoms with van der Waals surface area (Å²) >= 11 is 4.76. The van der Waals surface area contributed by atoms with Crippen molar-refractivity contribution in [2.75, 3.05) is 0 Å². The van der Waals surface area contributed by atoms with Gasteiger partial charge in [0.05, 0.1) is 4.99 Å². The van der Waals surface area contributed by atoms with Gasteiger partial charge in [-0.05, 0) is 25.0 Å². The average Bonchev–Trinajstić information content (AvgIpc) is 2.28. The molecule has 0 aliphatic rings. The van der Waals surface area contributed by atoms with E-state index < -0.39 is 15.3 Å². The Labute approximate surface area is 113 Å². The van der Waals surface area contributed by atoms with Crippen LogP contribution in [0.3, 0.4) is 0 Å². The van der Waals surface area contributed by atoms with Crippen molar-refractivity contribution in [3.05, 3.63) is 29.6 Å². The number of nitrogens with two attached hydrogens (primary N) is 1. The summed E-state index contributed by atoms with van der Waals surface area (Å²) in [7, 11) is -3.52. The Balaban J connectivity index is 2.72. The molecule has 0 saturated heterocycles. The van der Waals surface area contributed by atoms with Gasteiger partial charge in [0.25, 0.3) is 0 Å². The van der Waals surface area contributed by atoms with E-state index in [4.69, 9.17) is 18.0 Å². The van der Waals surface area contributed by atoms with Gasteiger partial charge in [0.1, 0.15) is 5.25 Å². The zero-order valence-electron chi connectivity index (χ0n) is 10.4. The van der Waals surface area contributed by atoms with Crippen molar-refractivity contribution in [3.63, 3.8) is 0 Å². The standard InChI is InChI=1S/C11H17N3O2S2/c1-3-10(11(12)17)18(15,16)14-7-9-5-4-8(2)13-6-9/h4-6,10,14H,3,7H2,1-2H3,(H2,12,17). The topological polar surface area (TPSA) is 85.1 Å². The van der Waals surface area contributed by atoms with Crippen LogP contribution in [0.4, 0.5) is 0 Å². The van der Waals surface area contributed by atoms with E-state index in [0.717, 1.165) is 11.3 Å². The molecule has 1 heterocycles. The van der Waals surface area contributed by atoms with Gasteiger partial charge >= 0.3 is 0 Å². The molecule has 0 saturated carbocycles. The highest BCUT2D eigenvalue weighted by Crippen LogP contribution is 2.06. The second kappa shape index (κ2) is 6.21. The molecule has 18 heavy (non-hydrogen) atoms. The number of rotatable bonds is 6. The molecule has 0 amide bonds. The lowest BCUT2D eigenvalue weighted by molar-refractivity contribution is 0.574. The summed E-state index contributed by atoms with van der Waals surface area (Å²) in [4.78, 5) is 4.09. The number of nitrogens with one attached hydrogen (secondary N) is 1. The van der Waals surface area contributed by atoms with E-state index in [1.165, 1.54) is 0 Å². The second-order valence-electron chi connectivity index (χ2n) is 3.97. The molecule has 0 radical (unpaired) electrons. The van der Waals surface area contributed by atoms with E-state index in [0.29, 0.717) is 6.42 Å². The predicted octanol–water partition coefficient (Wildman–Crippen LogP) is 0.874. The second-order valence-corrected chi connectivity index (χ2v) is 6.39. The van der Waals surface area contributed by atoms with Gasteiger partial charge in [0.15, 0.2) is 0 Å². The van der Waals surface area contributed by atoms with E-state index >= 15 is 0 Å². The van der Waals surface area contributed by atoms with Gasteiger partial charge in [-0.25, -0.2) is 13.1 Å². The Bertz CT molecular complexity index is 512. The molecule has 0 fully saturated rings. The lowest BCUT2D eigenvalue weighted by Gasteiger charge is -2.15. The maximum atomic E-state index is 11.9. The van der Waals surface area contributed by atoms with E-state index in [2.05, 4.69) is 9.71 Å². The SMILES string of the molecule is CCC(C(N)=S)S(=O)(=O)NCc1ccc(C)nc1. The minimum Gasteiger partial charge on any atom is -0.392 e. The van der Waals surface area contributed by atoms with Crippen LogP contribution in [0.5, 0.6) is 0 Å². The summed E-state index contributed by atoms with van der Waals surface area (Å²) in [5.41, 5.74) is 7.10. The van der Waals surface area contributed by atoms with Crippen molar-refractivity contribution in [1.29, 1.82) is 0 Å². The summed E-state index contributed by atoms with van der Waals surface area (Å²) in [5.74, 6) is 0. The maximum Gasteiger partial charge on any atom is 0.221 e. The Morgan fingerprint density at radius 2 is 2.22 bits per heavy atom. The highest BCUT2D eigenvalue weighted by molar-refractivity contribution is 7.93. The molecule has 100 valence electrons. The van der Waals surface area contributed by atoms with Crippen molar-refractivity contribution < 1.29 is 8.42 Å². The number of hydrogen-bond donors (Lipinski definition) is 2. The number of thiocarbonyl (C=S) groups is 1. The van der Waals surface area contributed by atoms with E-state index in [1.54, 1.807) is 13.1 Å². The zero-order chi connectivity index (χ0) is 13.8. The molecule has 0 aliphatic carbocycles. The first kappa shape index (κ1) is 15.0. The highest BCUT2D eigenvalue weighted by atomic mass is 32.2. The van der Waals surface area contributed by atoms with Crippen molar-refractivity contribution in [2.45, 2.75) is 32.1 Å². The normalized spacial score (nSPS) is 13.2. The fourth-order valence-electron chi connectivity index (χ4n) is 1.46. The van der Waals surface area contributed by atoms with Crippen LogP contribution in [0.15, 0.2) is 18.3 Å². The van der Waals surface area contributed by atoms with E-state index in [9.17, 15) is 8.42 Å². The minimum absolute atomic E-state index is 0.00738. The van der Waals surface area contributed by atoms with Crippen molar-refractivity contribution >= 4 is 27.2 Å². The predicted molar refractivity (Wildman–Crippen MR) is 75.6 cm³/mol. The maximum absolute atomic E-state index is 11.9. The Hall–Kier alpha value is -1.05. The lowest BCUT2D eigenvalue weighted by Crippen LogP contribution is -2.41. The van der Waals surface area contributed by atoms with Crippen LogP contribution in [0.1, 0.15) is 24.6 Å². The Morgan fingerprint density at radius 3 is 2.67 bits per heavy atom. The molecule has 1 aromatic heterocycles. The number of sulfonamides is 1. The molecule has 3 N–H and O–H groups in total. The van der Waals surface area contributed by atoms with Gasteiger partial charge in [-0.2, -0.15) is 0 Å². The smallest absolute Gasteiger partial charge is 0.221 e. The van der Waals surface area contributed by atoms with Crippen LogP contribution in [0.25, 0.3) is 0 Å². The molecule has 5 nitrogen and oxygen atoms in total. The lowest BCUT2D eigenvalue weighted by atomic mass is 10.2. The molecular weight excluding hydrogens is 270 g/mol. The first-order chi connectivity index (χ1) is 8.36. The van der Waals surface area contributed by atoms with E-state index in [1.807, 2.05) is 19.1 Å². The molecule has 0 aromatic carbocycles. The third kappa shape index (κ3) is 4.01. The summed E-state index contributed by atoms with van der Waals surface area (Å²) in [6.45, 7) is 3.79. The number of nitrogens with zero attached hydrogens (tertiary/aromatic N) is 1. The van der Waals surface area contributed by atoms with Gasteiger partial charge < -0.3 is 5.73 Å². The van der Waals surface area contributed by atoms with Crippen molar-refractivity contribution in [2.24, 2.45) is 5.73 Å². The molecule has 7 heteroatoms. The quantitative estimate of drug-likeness (QED) is 0.759. The van der Waals surface area contributed by atoms with Crippen molar-refractivity contribution in [1.82, 2.24) is 9.71 Å². The van der Waals surface area contributed by atoms with E-state index in [-0.39, 0.29) is 11.5 Å². The van der Waals surface area contributed by atoms with Gasteiger partial charge in [-0.3, -0.25) is 4.98 Å². The minimum atomic E-state index is -3.52. The van der Waals surface area contributed by atoms with Crippen LogP contribution in [0.2, 0.25) is 0 Å². The van der Waals surface area contributed by atoms with Gasteiger partial charge in [-0.1, -0.05) is 25.2 Å². The first-order valence-corrected chi connectivity index (χ1v) is 7.51. The number of pyridine rings is 1. The highest BCUT2D eigenvalue weighted by Gasteiger charge is 2.25. The fraction of sp³-hybridized carbons (Fsp3) is 0.455. The summed E-state index contributed by atoms with van der Waals surface area (Å²) in [5, 5.41) is -0.828. The molecule has 1 aromatic rings. The van der Waals surface area contributed by atoms with Crippen LogP contribution < -0.4 is 10.5 Å². The number of hydrogen-bond acceptors (Lipinski definition) is 4. The Kier molecular flexibility index (Phi) is 5.18.